The fourth-order valence-corrected chi connectivity index (χ4v) is 1.40. The summed E-state index contributed by atoms with van der Waals surface area (Å²) in [7, 11) is 0. The van der Waals surface area contributed by atoms with Gasteiger partial charge in [0.15, 0.2) is 0 Å². The van der Waals surface area contributed by atoms with Gasteiger partial charge in [0.05, 0.1) is 11.6 Å². The zero-order valence-electron chi connectivity index (χ0n) is 7.64. The van der Waals surface area contributed by atoms with Crippen molar-refractivity contribution in [3.63, 3.8) is 0 Å². The predicted molar refractivity (Wildman–Crippen MR) is 49.7 cm³/mol. The molecule has 2 N–H and O–H groups in total. The zero-order chi connectivity index (χ0) is 9.03. The van der Waals surface area contributed by atoms with E-state index in [0.29, 0.717) is 6.54 Å². The van der Waals surface area contributed by atoms with E-state index in [1.165, 1.54) is 0 Å². The summed E-state index contributed by atoms with van der Waals surface area (Å²) >= 11 is 0. The summed E-state index contributed by atoms with van der Waals surface area (Å²) in [4.78, 5) is 0. The molecule has 1 fully saturated rings. The van der Waals surface area contributed by atoms with Crippen molar-refractivity contribution in [1.82, 2.24) is 5.32 Å². The third-order valence-corrected chi connectivity index (χ3v) is 2.57. The number of hydrogen-bond acceptors (Lipinski definition) is 2. The van der Waals surface area contributed by atoms with Crippen molar-refractivity contribution in [2.24, 2.45) is 0 Å². The maximum atomic E-state index is 9.72. The Bertz CT molecular complexity index is 179. The quantitative estimate of drug-likeness (QED) is 0.610. The van der Waals surface area contributed by atoms with Crippen LogP contribution in [0.25, 0.3) is 0 Å². The van der Waals surface area contributed by atoms with Gasteiger partial charge in [-0.1, -0.05) is 12.8 Å². The topological polar surface area (TPSA) is 32.3 Å². The van der Waals surface area contributed by atoms with Gasteiger partial charge in [0, 0.05) is 6.54 Å². The Morgan fingerprint density at radius 1 is 1.67 bits per heavy atom. The van der Waals surface area contributed by atoms with Crippen molar-refractivity contribution in [2.75, 3.05) is 6.54 Å². The molecule has 68 valence electrons. The molecule has 0 aromatic carbocycles. The summed E-state index contributed by atoms with van der Waals surface area (Å²) in [6.07, 6.45) is 9.18. The Morgan fingerprint density at radius 3 is 2.67 bits per heavy atom. The molecule has 12 heavy (non-hydrogen) atoms. The molecule has 0 saturated heterocycles. The maximum Gasteiger partial charge on any atom is 0.0772 e. The second kappa shape index (κ2) is 3.93. The van der Waals surface area contributed by atoms with E-state index in [1.54, 1.807) is 0 Å². The lowest BCUT2D eigenvalue weighted by molar-refractivity contribution is -0.0322. The minimum absolute atomic E-state index is 0.120. The van der Waals surface area contributed by atoms with Crippen molar-refractivity contribution in [1.29, 1.82) is 0 Å². The molecule has 1 rings (SSSR count). The average molecular weight is 167 g/mol. The van der Waals surface area contributed by atoms with E-state index in [4.69, 9.17) is 6.42 Å². The highest BCUT2D eigenvalue weighted by atomic mass is 16.3. The standard InChI is InChI=1S/C10H17NO/c1-3-9(4-2)11-8-10(12)6-5-7-10/h1,9,11-12H,4-8H2,2H3. The van der Waals surface area contributed by atoms with E-state index in [2.05, 4.69) is 11.2 Å². The lowest BCUT2D eigenvalue weighted by atomic mass is 9.80. The smallest absolute Gasteiger partial charge is 0.0772 e. The van der Waals surface area contributed by atoms with E-state index < -0.39 is 5.60 Å². The van der Waals surface area contributed by atoms with Crippen LogP contribution in [0.1, 0.15) is 32.6 Å². The van der Waals surface area contributed by atoms with Gasteiger partial charge in [0.2, 0.25) is 0 Å². The number of hydrogen-bond donors (Lipinski definition) is 2. The van der Waals surface area contributed by atoms with E-state index in [9.17, 15) is 5.11 Å². The number of rotatable bonds is 4. The minimum atomic E-state index is -0.454. The van der Waals surface area contributed by atoms with Gasteiger partial charge in [-0.05, 0) is 25.7 Å². The summed E-state index contributed by atoms with van der Waals surface area (Å²) in [6.45, 7) is 2.69. The van der Waals surface area contributed by atoms with Gasteiger partial charge in [-0.15, -0.1) is 6.42 Å². The Kier molecular flexibility index (Phi) is 3.13. The van der Waals surface area contributed by atoms with Crippen molar-refractivity contribution in [3.8, 4) is 12.3 Å². The van der Waals surface area contributed by atoms with Crippen LogP contribution in [0.3, 0.4) is 0 Å². The largest absolute Gasteiger partial charge is 0.389 e. The minimum Gasteiger partial charge on any atom is -0.389 e. The third kappa shape index (κ3) is 2.23. The monoisotopic (exact) mass is 167 g/mol. The molecule has 2 nitrogen and oxygen atoms in total. The highest BCUT2D eigenvalue weighted by Crippen LogP contribution is 2.30. The molecule has 1 aliphatic rings. The molecule has 1 aliphatic carbocycles. The number of terminal acetylenes is 1. The zero-order valence-corrected chi connectivity index (χ0v) is 7.64. The Balaban J connectivity index is 2.20. The lowest BCUT2D eigenvalue weighted by Crippen LogP contribution is -2.48. The van der Waals surface area contributed by atoms with Crippen molar-refractivity contribution >= 4 is 0 Å². The molecule has 1 atom stereocenters. The van der Waals surface area contributed by atoms with Crippen molar-refractivity contribution in [2.45, 2.75) is 44.2 Å². The molecule has 0 radical (unpaired) electrons. The fourth-order valence-electron chi connectivity index (χ4n) is 1.40. The molecular formula is C10H17NO. The van der Waals surface area contributed by atoms with Crippen LogP contribution in [-0.4, -0.2) is 23.3 Å². The Morgan fingerprint density at radius 2 is 2.33 bits per heavy atom. The average Bonchev–Trinajstić information content (AvgIpc) is 2.03. The molecule has 1 saturated carbocycles. The molecular weight excluding hydrogens is 150 g/mol. The maximum absolute atomic E-state index is 9.72. The van der Waals surface area contributed by atoms with Gasteiger partial charge in [-0.25, -0.2) is 0 Å². The second-order valence-corrected chi connectivity index (χ2v) is 3.59. The molecule has 2 heteroatoms. The fraction of sp³-hybridized carbons (Fsp3) is 0.800. The van der Waals surface area contributed by atoms with Crippen LogP contribution in [0, 0.1) is 12.3 Å². The first-order valence-corrected chi connectivity index (χ1v) is 4.62. The highest BCUT2D eigenvalue weighted by Gasteiger charge is 2.34. The second-order valence-electron chi connectivity index (χ2n) is 3.59. The van der Waals surface area contributed by atoms with Crippen LogP contribution in [0.2, 0.25) is 0 Å². The summed E-state index contributed by atoms with van der Waals surface area (Å²) in [5.74, 6) is 2.65. The van der Waals surface area contributed by atoms with Crippen LogP contribution in [0.4, 0.5) is 0 Å². The SMILES string of the molecule is C#CC(CC)NCC1(O)CCC1. The van der Waals surface area contributed by atoms with Gasteiger partial charge in [0.1, 0.15) is 0 Å². The molecule has 1 unspecified atom stereocenters. The van der Waals surface area contributed by atoms with Gasteiger partial charge < -0.3 is 10.4 Å². The number of nitrogens with one attached hydrogen (secondary N) is 1. The molecule has 0 heterocycles. The predicted octanol–water partition coefficient (Wildman–Crippen LogP) is 0.903. The van der Waals surface area contributed by atoms with Crippen LogP contribution < -0.4 is 5.32 Å². The van der Waals surface area contributed by atoms with E-state index in [0.717, 1.165) is 25.7 Å². The molecule has 0 aromatic rings. The van der Waals surface area contributed by atoms with Gasteiger partial charge in [-0.2, -0.15) is 0 Å². The number of aliphatic hydroxyl groups is 1. The van der Waals surface area contributed by atoms with E-state index in [1.807, 2.05) is 6.92 Å². The molecule has 0 aromatic heterocycles. The van der Waals surface area contributed by atoms with Gasteiger partial charge in [-0.3, -0.25) is 0 Å². The van der Waals surface area contributed by atoms with Crippen LogP contribution in [-0.2, 0) is 0 Å². The summed E-state index contributed by atoms with van der Waals surface area (Å²) < 4.78 is 0. The first-order chi connectivity index (χ1) is 5.70. The summed E-state index contributed by atoms with van der Waals surface area (Å²) in [5, 5.41) is 12.9. The highest BCUT2D eigenvalue weighted by molar-refractivity contribution is 5.00. The lowest BCUT2D eigenvalue weighted by Gasteiger charge is -2.37. The van der Waals surface area contributed by atoms with Gasteiger partial charge in [0.25, 0.3) is 0 Å². The van der Waals surface area contributed by atoms with Gasteiger partial charge >= 0.3 is 0 Å². The Hall–Kier alpha value is -0.520. The van der Waals surface area contributed by atoms with E-state index in [-0.39, 0.29) is 6.04 Å². The third-order valence-electron chi connectivity index (χ3n) is 2.57. The first-order valence-electron chi connectivity index (χ1n) is 4.62. The molecule has 0 spiro atoms. The van der Waals surface area contributed by atoms with Crippen LogP contribution in [0.15, 0.2) is 0 Å². The molecule has 0 amide bonds. The Labute approximate surface area is 74.4 Å². The normalized spacial score (nSPS) is 22.4. The first kappa shape index (κ1) is 9.57. The molecule has 0 bridgehead atoms. The van der Waals surface area contributed by atoms with Crippen LogP contribution >= 0.6 is 0 Å². The van der Waals surface area contributed by atoms with Crippen molar-refractivity contribution in [3.05, 3.63) is 0 Å². The van der Waals surface area contributed by atoms with Crippen LogP contribution in [0.5, 0.6) is 0 Å². The molecule has 0 aliphatic heterocycles. The van der Waals surface area contributed by atoms with Crippen molar-refractivity contribution < 1.29 is 5.11 Å². The summed E-state index contributed by atoms with van der Waals surface area (Å²) in [6, 6.07) is 0.120. The van der Waals surface area contributed by atoms with E-state index >= 15 is 0 Å². The summed E-state index contributed by atoms with van der Waals surface area (Å²) in [5.41, 5.74) is -0.454.